The fourth-order valence-electron chi connectivity index (χ4n) is 1.77. The maximum absolute atomic E-state index is 13.1. The monoisotopic (exact) mass is 406 g/mol. The number of thiophene rings is 1. The highest BCUT2D eigenvalue weighted by Gasteiger charge is 2.44. The molecule has 0 saturated carbocycles. The van der Waals surface area contributed by atoms with Crippen molar-refractivity contribution in [1.29, 1.82) is 0 Å². The first-order chi connectivity index (χ1) is 11.3. The van der Waals surface area contributed by atoms with E-state index in [0.717, 1.165) is 35.6 Å². The Morgan fingerprint density at radius 2 is 1.04 bits per heavy atom. The Hall–Kier alpha value is -1.92. The van der Waals surface area contributed by atoms with Gasteiger partial charge in [-0.05, 0) is 24.3 Å². The predicted molar refractivity (Wildman–Crippen MR) is 76.8 cm³/mol. The lowest BCUT2D eigenvalue weighted by Gasteiger charge is -1.97. The molecular weight excluding hydrogens is 401 g/mol. The molecule has 0 atom stereocenters. The van der Waals surface area contributed by atoms with Crippen LogP contribution in [-0.4, -0.2) is 18.5 Å². The highest BCUT2D eigenvalue weighted by molar-refractivity contribution is 7.86. The second kappa shape index (κ2) is 6.42. The highest BCUT2D eigenvalue weighted by Crippen LogP contribution is 2.36. The van der Waals surface area contributed by atoms with E-state index in [9.17, 15) is 30.7 Å². The van der Waals surface area contributed by atoms with Crippen molar-refractivity contribution >= 4 is 41.6 Å². The Balaban J connectivity index is 0.000000242. The van der Waals surface area contributed by atoms with Crippen LogP contribution in [0.4, 0.5) is 30.7 Å². The lowest BCUT2D eigenvalue weighted by molar-refractivity contribution is -0.0510. The molecule has 3 nitrogen and oxygen atoms in total. The molecule has 0 aliphatic rings. The van der Waals surface area contributed by atoms with E-state index >= 15 is 0 Å². The number of alkyl halides is 3. The van der Waals surface area contributed by atoms with Gasteiger partial charge in [0, 0.05) is 20.2 Å². The average molecular weight is 406 g/mol. The zero-order valence-electron chi connectivity index (χ0n) is 11.5. The number of fused-ring (bicyclic) bond motifs is 3. The van der Waals surface area contributed by atoms with Crippen molar-refractivity contribution in [3.63, 3.8) is 0 Å². The molecule has 0 radical (unpaired) electrons. The van der Waals surface area contributed by atoms with Crippen molar-refractivity contribution in [2.24, 2.45) is 0 Å². The molecule has 0 fully saturated rings. The van der Waals surface area contributed by atoms with Gasteiger partial charge in [0.1, 0.15) is 0 Å². The Morgan fingerprint density at radius 1 is 0.760 bits per heavy atom. The summed E-state index contributed by atoms with van der Waals surface area (Å²) in [5.41, 5.74) is -5.53. The van der Waals surface area contributed by atoms with Crippen LogP contribution < -0.4 is 0 Å². The fraction of sp³-hybridized carbons (Fsp3) is 0.0769. The van der Waals surface area contributed by atoms with E-state index < -0.39 is 38.9 Å². The van der Waals surface area contributed by atoms with Gasteiger partial charge in [-0.3, -0.25) is 4.55 Å². The van der Waals surface area contributed by atoms with E-state index in [-0.39, 0.29) is 0 Å². The van der Waals surface area contributed by atoms with Gasteiger partial charge in [-0.2, -0.15) is 21.6 Å². The molecule has 25 heavy (non-hydrogen) atoms. The summed E-state index contributed by atoms with van der Waals surface area (Å²) in [6.45, 7) is 0. The Kier molecular flexibility index (Phi) is 4.99. The van der Waals surface area contributed by atoms with E-state index in [4.69, 9.17) is 13.0 Å². The third kappa shape index (κ3) is 4.02. The molecular formula is C13H5F7O3S2. The number of halogens is 7. The first-order valence-corrected chi connectivity index (χ1v) is 8.27. The molecule has 1 N–H and O–H groups in total. The summed E-state index contributed by atoms with van der Waals surface area (Å²) in [6, 6.07) is 4.07. The van der Waals surface area contributed by atoms with E-state index in [1.807, 2.05) is 0 Å². The van der Waals surface area contributed by atoms with Gasteiger partial charge < -0.3 is 0 Å². The molecule has 3 rings (SSSR count). The van der Waals surface area contributed by atoms with Crippen molar-refractivity contribution in [2.45, 2.75) is 5.51 Å². The third-order valence-electron chi connectivity index (χ3n) is 2.85. The molecule has 2 aromatic carbocycles. The van der Waals surface area contributed by atoms with Crippen molar-refractivity contribution < 1.29 is 43.7 Å². The largest absolute Gasteiger partial charge is 0.522 e. The van der Waals surface area contributed by atoms with Crippen LogP contribution >= 0.6 is 11.3 Å². The highest BCUT2D eigenvalue weighted by atomic mass is 32.2. The summed E-state index contributed by atoms with van der Waals surface area (Å²) >= 11 is 1.09. The van der Waals surface area contributed by atoms with Crippen LogP contribution in [0.2, 0.25) is 0 Å². The van der Waals surface area contributed by atoms with Gasteiger partial charge in [0.05, 0.1) is 0 Å². The molecule has 0 spiro atoms. The van der Waals surface area contributed by atoms with Crippen molar-refractivity contribution in [2.75, 3.05) is 0 Å². The minimum atomic E-state index is -5.84. The van der Waals surface area contributed by atoms with Crippen LogP contribution in [0.1, 0.15) is 0 Å². The molecule has 0 saturated heterocycles. The molecule has 1 aromatic heterocycles. The summed E-state index contributed by atoms with van der Waals surface area (Å²) in [5.74, 6) is -3.93. The Labute approximate surface area is 139 Å². The lowest BCUT2D eigenvalue weighted by atomic mass is 10.1. The zero-order valence-corrected chi connectivity index (χ0v) is 13.2. The van der Waals surface area contributed by atoms with Crippen molar-refractivity contribution in [1.82, 2.24) is 0 Å². The smallest absolute Gasteiger partial charge is 0.279 e. The second-order valence-corrected chi connectivity index (χ2v) is 7.04. The molecule has 0 amide bonds. The van der Waals surface area contributed by atoms with E-state index in [2.05, 4.69) is 0 Å². The normalized spacial score (nSPS) is 12.3. The molecule has 0 unspecified atom stereocenters. The standard InChI is InChI=1S/C12H4F4S.CHF3O3S/c13-7-1-5-6-2-8(14)10(16)4-12(6)17-11(5)3-9(7)15;2-1(3,4)8(5,6)7/h1-4H;(H,5,6,7). The summed E-state index contributed by atoms with van der Waals surface area (Å²) in [5, 5.41) is 0.783. The number of hydrogen-bond acceptors (Lipinski definition) is 3. The number of benzene rings is 2. The van der Waals surface area contributed by atoms with Gasteiger partial charge in [-0.15, -0.1) is 11.3 Å². The van der Waals surface area contributed by atoms with Gasteiger partial charge in [-0.1, -0.05) is 0 Å². The molecule has 136 valence electrons. The molecule has 0 bridgehead atoms. The van der Waals surface area contributed by atoms with Crippen molar-refractivity contribution in [3.05, 3.63) is 47.5 Å². The van der Waals surface area contributed by atoms with Crippen LogP contribution in [0.15, 0.2) is 24.3 Å². The van der Waals surface area contributed by atoms with Gasteiger partial charge in [0.25, 0.3) is 0 Å². The van der Waals surface area contributed by atoms with Crippen LogP contribution in [0, 0.1) is 23.3 Å². The minimum absolute atomic E-state index is 0.391. The predicted octanol–water partition coefficient (Wildman–Crippen LogP) is 5.00. The van der Waals surface area contributed by atoms with Gasteiger partial charge in [0.15, 0.2) is 23.3 Å². The fourth-order valence-corrected chi connectivity index (χ4v) is 2.88. The summed E-state index contributed by atoms with van der Waals surface area (Å²) in [6.07, 6.45) is 0. The Bertz CT molecular complexity index is 993. The molecule has 3 aromatic rings. The summed E-state index contributed by atoms with van der Waals surface area (Å²) in [4.78, 5) is 0. The quantitative estimate of drug-likeness (QED) is 0.325. The Morgan fingerprint density at radius 3 is 1.32 bits per heavy atom. The molecule has 12 heteroatoms. The van der Waals surface area contributed by atoms with E-state index in [0.29, 0.717) is 20.2 Å². The van der Waals surface area contributed by atoms with Crippen LogP contribution in [0.25, 0.3) is 20.2 Å². The topological polar surface area (TPSA) is 54.4 Å². The van der Waals surface area contributed by atoms with Crippen LogP contribution in [0.3, 0.4) is 0 Å². The maximum Gasteiger partial charge on any atom is 0.522 e. The van der Waals surface area contributed by atoms with Gasteiger partial charge in [0.2, 0.25) is 0 Å². The second-order valence-electron chi connectivity index (χ2n) is 4.55. The molecule has 1 heterocycles. The number of hydrogen-bond donors (Lipinski definition) is 1. The number of rotatable bonds is 0. The summed E-state index contributed by atoms with van der Waals surface area (Å²) < 4.78 is 111. The first-order valence-electron chi connectivity index (χ1n) is 6.01. The van der Waals surface area contributed by atoms with E-state index in [1.54, 1.807) is 0 Å². The van der Waals surface area contributed by atoms with Gasteiger partial charge >= 0.3 is 15.6 Å². The minimum Gasteiger partial charge on any atom is -0.279 e. The SMILES string of the molecule is Fc1cc2sc3cc(F)c(F)cc3c2cc1F.O=S(=O)(O)C(F)(F)F. The average Bonchev–Trinajstić information content (AvgIpc) is 2.75. The summed E-state index contributed by atoms with van der Waals surface area (Å²) in [7, 11) is -5.84. The lowest BCUT2D eigenvalue weighted by Crippen LogP contribution is -2.21. The first kappa shape index (κ1) is 19.4. The maximum atomic E-state index is 13.1. The van der Waals surface area contributed by atoms with Crippen molar-refractivity contribution in [3.8, 4) is 0 Å². The van der Waals surface area contributed by atoms with Crippen LogP contribution in [-0.2, 0) is 10.1 Å². The zero-order chi connectivity index (χ0) is 19.2. The van der Waals surface area contributed by atoms with Gasteiger partial charge in [-0.25, -0.2) is 17.6 Å². The molecule has 0 aliphatic carbocycles. The van der Waals surface area contributed by atoms with Crippen LogP contribution in [0.5, 0.6) is 0 Å². The van der Waals surface area contributed by atoms with E-state index in [1.165, 1.54) is 0 Å². The molecule has 0 aliphatic heterocycles. The third-order valence-corrected chi connectivity index (χ3v) is 4.55.